The van der Waals surface area contributed by atoms with Gasteiger partial charge in [0.05, 0.1) is 10.6 Å². The average molecular weight is 546 g/mol. The predicted molar refractivity (Wildman–Crippen MR) is 136 cm³/mol. The van der Waals surface area contributed by atoms with Gasteiger partial charge in [-0.05, 0) is 54.3 Å². The molecule has 38 heavy (non-hydrogen) atoms. The van der Waals surface area contributed by atoms with E-state index in [9.17, 15) is 26.4 Å². The third-order valence-electron chi connectivity index (χ3n) is 6.94. The summed E-state index contributed by atoms with van der Waals surface area (Å²) in [6.07, 6.45) is -3.87. The minimum Gasteiger partial charge on any atom is -0.352 e. The number of aryl methyl sites for hydroxylation is 1. The number of carbonyl (C=O) groups excluding carboxylic acids is 1. The average Bonchev–Trinajstić information content (AvgIpc) is 3.35. The van der Waals surface area contributed by atoms with E-state index in [-0.39, 0.29) is 36.6 Å². The molecule has 0 radical (unpaired) electrons. The van der Waals surface area contributed by atoms with Gasteiger partial charge in [0, 0.05) is 44.0 Å². The van der Waals surface area contributed by atoms with Gasteiger partial charge in [-0.2, -0.15) is 17.5 Å². The van der Waals surface area contributed by atoms with Crippen molar-refractivity contribution in [2.45, 2.75) is 30.8 Å². The number of hydrogen-bond acceptors (Lipinski definition) is 6. The summed E-state index contributed by atoms with van der Waals surface area (Å²) >= 11 is 0. The zero-order chi connectivity index (χ0) is 27.1. The Morgan fingerprint density at radius 1 is 0.921 bits per heavy atom. The van der Waals surface area contributed by atoms with E-state index in [2.05, 4.69) is 29.3 Å². The molecule has 12 heteroatoms. The molecule has 5 rings (SSSR count). The highest BCUT2D eigenvalue weighted by Crippen LogP contribution is 2.34. The summed E-state index contributed by atoms with van der Waals surface area (Å²) in [6, 6.07) is 15.8. The number of rotatable bonds is 5. The molecule has 0 atom stereocenters. The van der Waals surface area contributed by atoms with Crippen LogP contribution in [-0.4, -0.2) is 67.7 Å². The lowest BCUT2D eigenvalue weighted by Crippen LogP contribution is -2.49. The minimum atomic E-state index is -4.99. The van der Waals surface area contributed by atoms with E-state index in [1.165, 1.54) is 28.1 Å². The van der Waals surface area contributed by atoms with Crippen molar-refractivity contribution >= 4 is 27.4 Å². The van der Waals surface area contributed by atoms with Crippen LogP contribution in [0.1, 0.15) is 18.1 Å². The van der Waals surface area contributed by atoms with E-state index in [1.807, 2.05) is 29.2 Å². The fourth-order valence-corrected chi connectivity index (χ4v) is 6.24. The smallest absolute Gasteiger partial charge is 0.352 e. The molecule has 0 aliphatic carbocycles. The quantitative estimate of drug-likeness (QED) is 0.487. The van der Waals surface area contributed by atoms with Crippen molar-refractivity contribution in [1.29, 1.82) is 0 Å². The summed E-state index contributed by atoms with van der Waals surface area (Å²) < 4.78 is 66.5. The lowest BCUT2D eigenvalue weighted by atomic mass is 10.1. The van der Waals surface area contributed by atoms with Gasteiger partial charge in [-0.25, -0.2) is 8.42 Å². The lowest BCUT2D eigenvalue weighted by molar-refractivity contribution is -0.170. The van der Waals surface area contributed by atoms with Crippen LogP contribution < -0.4 is 9.80 Å². The molecule has 8 nitrogen and oxygen atoms in total. The first-order valence-electron chi connectivity index (χ1n) is 12.3. The summed E-state index contributed by atoms with van der Waals surface area (Å²) in [5.41, 5.74) is 3.47. The normalized spacial score (nSPS) is 16.5. The maximum atomic E-state index is 13.3. The van der Waals surface area contributed by atoms with Crippen molar-refractivity contribution in [3.8, 4) is 11.3 Å². The molecule has 2 aliphatic rings. The van der Waals surface area contributed by atoms with E-state index in [0.717, 1.165) is 17.7 Å². The molecule has 0 unspecified atom stereocenters. The molecule has 0 saturated carbocycles. The summed E-state index contributed by atoms with van der Waals surface area (Å²) in [5.74, 6) is -1.29. The molecular weight excluding hydrogens is 519 g/mol. The number of hydrogen-bond donors (Lipinski definition) is 0. The first-order valence-corrected chi connectivity index (χ1v) is 13.7. The maximum Gasteiger partial charge on any atom is 0.471 e. The molecule has 0 N–H and O–H groups in total. The largest absolute Gasteiger partial charge is 0.471 e. The molecule has 1 fully saturated rings. The van der Waals surface area contributed by atoms with E-state index < -0.39 is 22.1 Å². The Kier molecular flexibility index (Phi) is 6.86. The fourth-order valence-electron chi connectivity index (χ4n) is 4.77. The van der Waals surface area contributed by atoms with E-state index in [0.29, 0.717) is 29.4 Å². The Morgan fingerprint density at radius 3 is 2.24 bits per heavy atom. The van der Waals surface area contributed by atoms with E-state index in [4.69, 9.17) is 0 Å². The van der Waals surface area contributed by atoms with Gasteiger partial charge in [-0.15, -0.1) is 10.2 Å². The summed E-state index contributed by atoms with van der Waals surface area (Å²) in [4.78, 5) is 14.3. The number of aromatic nitrogens is 2. The zero-order valence-electron chi connectivity index (χ0n) is 20.6. The third-order valence-corrected chi connectivity index (χ3v) is 8.84. The number of anilines is 2. The molecule has 1 amide bonds. The van der Waals surface area contributed by atoms with Crippen molar-refractivity contribution in [2.75, 3.05) is 42.5 Å². The molecule has 200 valence electrons. The predicted octanol–water partition coefficient (Wildman–Crippen LogP) is 3.67. The van der Waals surface area contributed by atoms with Crippen molar-refractivity contribution in [3.05, 3.63) is 65.7 Å². The monoisotopic (exact) mass is 545 g/mol. The standard InChI is InChI=1S/C26H26F3N5O3S/c1-2-18-3-5-19(6-4-18)22-8-10-24(31-30-22)32-13-15-33(16-14-32)38(36,37)21-7-9-23-20(17-21)11-12-34(23)25(35)26(27,28)29/h3-10,17H,2,11-16H2,1H3. The number of sulfonamides is 1. The van der Waals surface area contributed by atoms with Gasteiger partial charge in [0.25, 0.3) is 0 Å². The van der Waals surface area contributed by atoms with Crippen molar-refractivity contribution in [2.24, 2.45) is 0 Å². The number of benzene rings is 2. The van der Waals surface area contributed by atoms with Gasteiger partial charge >= 0.3 is 12.1 Å². The number of nitrogens with zero attached hydrogens (tertiary/aromatic N) is 5. The summed E-state index contributed by atoms with van der Waals surface area (Å²) in [7, 11) is -3.86. The van der Waals surface area contributed by atoms with E-state index >= 15 is 0 Å². The topological polar surface area (TPSA) is 86.7 Å². The molecule has 0 spiro atoms. The zero-order valence-corrected chi connectivity index (χ0v) is 21.5. The van der Waals surface area contributed by atoms with Gasteiger partial charge in [0.2, 0.25) is 10.0 Å². The SMILES string of the molecule is CCc1ccc(-c2ccc(N3CCN(S(=O)(=O)c4ccc5c(c4)CCN5C(=O)C(F)(F)F)CC3)nn2)cc1. The highest BCUT2D eigenvalue weighted by atomic mass is 32.2. The number of piperazine rings is 1. The van der Waals surface area contributed by atoms with Gasteiger partial charge < -0.3 is 9.80 Å². The van der Waals surface area contributed by atoms with Crippen LogP contribution >= 0.6 is 0 Å². The second-order valence-corrected chi connectivity index (χ2v) is 11.2. The molecule has 2 aromatic carbocycles. The number of fused-ring (bicyclic) bond motifs is 1. The van der Waals surface area contributed by atoms with Gasteiger partial charge in [-0.3, -0.25) is 4.79 Å². The Bertz CT molecular complexity index is 1440. The highest BCUT2D eigenvalue weighted by Gasteiger charge is 2.45. The Labute approximate surface area is 218 Å². The third kappa shape index (κ3) is 4.97. The van der Waals surface area contributed by atoms with Gasteiger partial charge in [-0.1, -0.05) is 31.2 Å². The number of amides is 1. The second-order valence-electron chi connectivity index (χ2n) is 9.21. The summed E-state index contributed by atoms with van der Waals surface area (Å²) in [6.45, 7) is 3.23. The molecule has 3 aromatic rings. The molecular formula is C26H26F3N5O3S. The van der Waals surface area contributed by atoms with Crippen LogP contribution in [-0.2, 0) is 27.7 Å². The van der Waals surface area contributed by atoms with Crippen LogP contribution in [0.3, 0.4) is 0 Å². The van der Waals surface area contributed by atoms with Crippen LogP contribution in [0.25, 0.3) is 11.3 Å². The Balaban J connectivity index is 1.24. The Morgan fingerprint density at radius 2 is 1.63 bits per heavy atom. The molecule has 1 saturated heterocycles. The first-order chi connectivity index (χ1) is 18.1. The van der Waals surface area contributed by atoms with Gasteiger partial charge in [0.15, 0.2) is 5.82 Å². The van der Waals surface area contributed by atoms with Crippen LogP contribution in [0.5, 0.6) is 0 Å². The molecule has 3 heterocycles. The number of alkyl halides is 3. The van der Waals surface area contributed by atoms with Crippen molar-refractivity contribution in [1.82, 2.24) is 14.5 Å². The van der Waals surface area contributed by atoms with Crippen LogP contribution in [0.2, 0.25) is 0 Å². The molecule has 1 aromatic heterocycles. The van der Waals surface area contributed by atoms with Gasteiger partial charge in [0.1, 0.15) is 0 Å². The summed E-state index contributed by atoms with van der Waals surface area (Å²) in [5, 5.41) is 8.68. The van der Waals surface area contributed by atoms with E-state index in [1.54, 1.807) is 0 Å². The second kappa shape index (κ2) is 9.99. The van der Waals surface area contributed by atoms with Crippen molar-refractivity contribution in [3.63, 3.8) is 0 Å². The molecule has 0 bridgehead atoms. The van der Waals surface area contributed by atoms with Crippen molar-refractivity contribution < 1.29 is 26.4 Å². The number of carbonyl (C=O) groups is 1. The van der Waals surface area contributed by atoms with Crippen LogP contribution in [0.15, 0.2) is 59.5 Å². The molecule has 2 aliphatic heterocycles. The maximum absolute atomic E-state index is 13.3. The first kappa shape index (κ1) is 26.1. The van der Waals surface area contributed by atoms with Crippen LogP contribution in [0.4, 0.5) is 24.7 Å². The Hall–Kier alpha value is -3.51. The highest BCUT2D eigenvalue weighted by molar-refractivity contribution is 7.89. The fraction of sp³-hybridized carbons (Fsp3) is 0.346. The van der Waals surface area contributed by atoms with Crippen LogP contribution in [0, 0.1) is 0 Å². The minimum absolute atomic E-state index is 0.00393. The number of halogens is 3. The lowest BCUT2D eigenvalue weighted by Gasteiger charge is -2.34.